The van der Waals surface area contributed by atoms with E-state index in [1.165, 1.54) is 18.2 Å². The van der Waals surface area contributed by atoms with Crippen LogP contribution >= 0.6 is 23.2 Å². The van der Waals surface area contributed by atoms with Gasteiger partial charge in [-0.15, -0.1) is 11.6 Å². The zero-order chi connectivity index (χ0) is 14.5. The molecule has 0 saturated heterocycles. The molecule has 0 atom stereocenters. The van der Waals surface area contributed by atoms with Crippen LogP contribution in [0.2, 0.25) is 5.02 Å². The molecule has 20 heavy (non-hydrogen) atoms. The van der Waals surface area contributed by atoms with Gasteiger partial charge in [0.05, 0.1) is 10.6 Å². The van der Waals surface area contributed by atoms with Crippen LogP contribution in [0.1, 0.15) is 15.9 Å². The zero-order valence-corrected chi connectivity index (χ0v) is 12.1. The molecule has 0 aliphatic rings. The number of phenols is 1. The normalized spacial score (nSPS) is 10.3. The van der Waals surface area contributed by atoms with Gasteiger partial charge in [0.1, 0.15) is 5.75 Å². The van der Waals surface area contributed by atoms with Crippen molar-refractivity contribution in [3.05, 3.63) is 58.6 Å². The maximum absolute atomic E-state index is 12.1. The molecule has 0 unspecified atom stereocenters. The molecule has 0 bridgehead atoms. The number of carbonyl (C=O) groups is 1. The number of amides is 1. The molecule has 1 amide bonds. The summed E-state index contributed by atoms with van der Waals surface area (Å²) in [5.41, 5.74) is 2.00. The number of aryl methyl sites for hydroxylation is 1. The number of rotatable bonds is 4. The molecule has 3 nitrogen and oxygen atoms in total. The van der Waals surface area contributed by atoms with E-state index >= 15 is 0 Å². The molecule has 0 aromatic heterocycles. The second kappa shape index (κ2) is 6.64. The summed E-state index contributed by atoms with van der Waals surface area (Å²) in [6, 6.07) is 11.7. The number of nitrogens with one attached hydrogen (secondary N) is 1. The summed E-state index contributed by atoms with van der Waals surface area (Å²) in [5, 5.41) is 12.4. The van der Waals surface area contributed by atoms with E-state index in [0.29, 0.717) is 16.6 Å². The fraction of sp³-hybridized carbons (Fsp3) is 0.133. The Balaban J connectivity index is 2.13. The predicted molar refractivity (Wildman–Crippen MR) is 81.9 cm³/mol. The van der Waals surface area contributed by atoms with Crippen LogP contribution in [0.5, 0.6) is 5.75 Å². The maximum atomic E-state index is 12.1. The van der Waals surface area contributed by atoms with Gasteiger partial charge in [-0.1, -0.05) is 23.7 Å². The fourth-order valence-electron chi connectivity index (χ4n) is 1.75. The Hall–Kier alpha value is -1.71. The fourth-order valence-corrected chi connectivity index (χ4v) is 2.17. The Labute approximate surface area is 127 Å². The van der Waals surface area contributed by atoms with Crippen LogP contribution < -0.4 is 5.32 Å². The molecule has 0 fully saturated rings. The van der Waals surface area contributed by atoms with Crippen LogP contribution in [0.4, 0.5) is 5.69 Å². The van der Waals surface area contributed by atoms with Crippen molar-refractivity contribution in [3.8, 4) is 5.75 Å². The SMILES string of the molecule is O=C(Nc1ccc(CCCl)cc1)c1cc(O)ccc1Cl. The Morgan fingerprint density at radius 1 is 1.15 bits per heavy atom. The highest BCUT2D eigenvalue weighted by atomic mass is 35.5. The van der Waals surface area contributed by atoms with Gasteiger partial charge in [0.25, 0.3) is 5.91 Å². The lowest BCUT2D eigenvalue weighted by atomic mass is 10.1. The molecular formula is C15H13Cl2NO2. The van der Waals surface area contributed by atoms with Crippen molar-refractivity contribution < 1.29 is 9.90 Å². The third kappa shape index (κ3) is 3.65. The lowest BCUT2D eigenvalue weighted by Gasteiger charge is -2.08. The van der Waals surface area contributed by atoms with Crippen LogP contribution in [0.25, 0.3) is 0 Å². The second-order valence-electron chi connectivity index (χ2n) is 4.25. The van der Waals surface area contributed by atoms with Crippen LogP contribution in [0, 0.1) is 0 Å². The largest absolute Gasteiger partial charge is 0.508 e. The van der Waals surface area contributed by atoms with Gasteiger partial charge in [0, 0.05) is 11.6 Å². The van der Waals surface area contributed by atoms with E-state index < -0.39 is 0 Å². The van der Waals surface area contributed by atoms with Gasteiger partial charge in [-0.05, 0) is 42.3 Å². The number of benzene rings is 2. The molecule has 104 valence electrons. The minimum Gasteiger partial charge on any atom is -0.508 e. The highest BCUT2D eigenvalue weighted by molar-refractivity contribution is 6.34. The Kier molecular flexibility index (Phi) is 4.88. The van der Waals surface area contributed by atoms with Gasteiger partial charge >= 0.3 is 0 Å². The lowest BCUT2D eigenvalue weighted by Crippen LogP contribution is -2.12. The van der Waals surface area contributed by atoms with Crippen molar-refractivity contribution in [1.29, 1.82) is 0 Å². The van der Waals surface area contributed by atoms with Crippen LogP contribution in [-0.2, 0) is 6.42 Å². The van der Waals surface area contributed by atoms with Crippen molar-refractivity contribution in [2.75, 3.05) is 11.2 Å². The van der Waals surface area contributed by atoms with Crippen molar-refractivity contribution >= 4 is 34.8 Å². The summed E-state index contributed by atoms with van der Waals surface area (Å²) in [6.07, 6.45) is 0.786. The molecule has 0 radical (unpaired) electrons. The molecule has 2 rings (SSSR count). The first-order valence-corrected chi connectivity index (χ1v) is 6.96. The summed E-state index contributed by atoms with van der Waals surface area (Å²) >= 11 is 11.6. The third-order valence-corrected chi connectivity index (χ3v) is 3.31. The Morgan fingerprint density at radius 2 is 1.85 bits per heavy atom. The van der Waals surface area contributed by atoms with Gasteiger partial charge in [0.15, 0.2) is 0 Å². The molecule has 2 N–H and O–H groups in total. The molecule has 0 aliphatic heterocycles. The zero-order valence-electron chi connectivity index (χ0n) is 10.6. The van der Waals surface area contributed by atoms with Gasteiger partial charge in [-0.3, -0.25) is 4.79 Å². The Bertz CT molecular complexity index is 612. The Morgan fingerprint density at radius 3 is 2.50 bits per heavy atom. The quantitative estimate of drug-likeness (QED) is 0.836. The number of hydrogen-bond donors (Lipinski definition) is 2. The van der Waals surface area contributed by atoms with E-state index in [2.05, 4.69) is 5.32 Å². The smallest absolute Gasteiger partial charge is 0.257 e. The monoisotopic (exact) mass is 309 g/mol. The van der Waals surface area contributed by atoms with E-state index in [-0.39, 0.29) is 17.2 Å². The number of anilines is 1. The van der Waals surface area contributed by atoms with E-state index in [1.54, 1.807) is 12.1 Å². The summed E-state index contributed by atoms with van der Waals surface area (Å²) in [4.78, 5) is 12.1. The average molecular weight is 310 g/mol. The minimum absolute atomic E-state index is 0.00277. The van der Waals surface area contributed by atoms with Gasteiger partial charge in [-0.25, -0.2) is 0 Å². The number of halogens is 2. The average Bonchev–Trinajstić information content (AvgIpc) is 2.44. The molecule has 5 heteroatoms. The van der Waals surface area contributed by atoms with E-state index in [9.17, 15) is 9.90 Å². The molecule has 2 aromatic rings. The molecule has 0 spiro atoms. The van der Waals surface area contributed by atoms with Crippen molar-refractivity contribution in [2.24, 2.45) is 0 Å². The van der Waals surface area contributed by atoms with Gasteiger partial charge < -0.3 is 10.4 Å². The minimum atomic E-state index is -0.365. The summed E-state index contributed by atoms with van der Waals surface area (Å²) in [7, 11) is 0. The van der Waals surface area contributed by atoms with Crippen LogP contribution in [0.3, 0.4) is 0 Å². The molecule has 0 heterocycles. The standard InChI is InChI=1S/C15H13Cl2NO2/c16-8-7-10-1-3-11(4-2-10)18-15(20)13-9-12(19)5-6-14(13)17/h1-6,9,19H,7-8H2,(H,18,20). The highest BCUT2D eigenvalue weighted by Crippen LogP contribution is 2.22. The topological polar surface area (TPSA) is 49.3 Å². The maximum Gasteiger partial charge on any atom is 0.257 e. The number of aromatic hydroxyl groups is 1. The molecule has 2 aromatic carbocycles. The molecule has 0 aliphatic carbocycles. The summed E-state index contributed by atoms with van der Waals surface area (Å²) in [6.45, 7) is 0. The summed E-state index contributed by atoms with van der Waals surface area (Å²) < 4.78 is 0. The first-order valence-electron chi connectivity index (χ1n) is 6.05. The molecule has 0 saturated carbocycles. The van der Waals surface area contributed by atoms with Gasteiger partial charge in [0.2, 0.25) is 0 Å². The van der Waals surface area contributed by atoms with Crippen LogP contribution in [-0.4, -0.2) is 16.9 Å². The van der Waals surface area contributed by atoms with Crippen molar-refractivity contribution in [1.82, 2.24) is 0 Å². The first-order chi connectivity index (χ1) is 9.60. The number of hydrogen-bond acceptors (Lipinski definition) is 2. The molecular weight excluding hydrogens is 297 g/mol. The number of phenolic OH excluding ortho intramolecular Hbond substituents is 1. The van der Waals surface area contributed by atoms with E-state index in [4.69, 9.17) is 23.2 Å². The number of alkyl halides is 1. The number of carbonyl (C=O) groups excluding carboxylic acids is 1. The predicted octanol–water partition coefficient (Wildman–Crippen LogP) is 4.08. The van der Waals surface area contributed by atoms with Crippen molar-refractivity contribution in [2.45, 2.75) is 6.42 Å². The summed E-state index contributed by atoms with van der Waals surface area (Å²) in [5.74, 6) is 0.193. The van der Waals surface area contributed by atoms with E-state index in [1.807, 2.05) is 12.1 Å². The lowest BCUT2D eigenvalue weighted by molar-refractivity contribution is 0.102. The second-order valence-corrected chi connectivity index (χ2v) is 5.04. The third-order valence-electron chi connectivity index (χ3n) is 2.79. The highest BCUT2D eigenvalue weighted by Gasteiger charge is 2.11. The van der Waals surface area contributed by atoms with E-state index in [0.717, 1.165) is 12.0 Å². The van der Waals surface area contributed by atoms with Crippen LogP contribution in [0.15, 0.2) is 42.5 Å². The van der Waals surface area contributed by atoms with Gasteiger partial charge in [-0.2, -0.15) is 0 Å². The first kappa shape index (κ1) is 14.7. The van der Waals surface area contributed by atoms with Crippen molar-refractivity contribution in [3.63, 3.8) is 0 Å².